The van der Waals surface area contributed by atoms with Gasteiger partial charge in [0, 0.05) is 17.7 Å². The number of amides is 1. The van der Waals surface area contributed by atoms with E-state index in [0.29, 0.717) is 55.2 Å². The highest BCUT2D eigenvalue weighted by Gasteiger charge is 2.17. The largest absolute Gasteiger partial charge is 0.486 e. The Labute approximate surface area is 152 Å². The van der Waals surface area contributed by atoms with Crippen molar-refractivity contribution in [2.45, 2.75) is 33.2 Å². The summed E-state index contributed by atoms with van der Waals surface area (Å²) in [6.45, 7) is 8.40. The van der Waals surface area contributed by atoms with Crippen LogP contribution in [-0.2, 0) is 11.3 Å². The van der Waals surface area contributed by atoms with Crippen molar-refractivity contribution >= 4 is 11.6 Å². The molecule has 0 bridgehead atoms. The van der Waals surface area contributed by atoms with Gasteiger partial charge in [-0.15, -0.1) is 0 Å². The lowest BCUT2D eigenvalue weighted by Gasteiger charge is -2.20. The van der Waals surface area contributed by atoms with E-state index in [0.717, 1.165) is 0 Å². The van der Waals surface area contributed by atoms with E-state index < -0.39 is 0 Å². The third kappa shape index (κ3) is 4.51. The van der Waals surface area contributed by atoms with Gasteiger partial charge in [-0.1, -0.05) is 25.9 Å². The van der Waals surface area contributed by atoms with Crippen molar-refractivity contribution in [2.24, 2.45) is 0 Å². The predicted molar refractivity (Wildman–Crippen MR) is 95.4 cm³/mol. The molecule has 2 aromatic rings. The fourth-order valence-corrected chi connectivity index (χ4v) is 2.56. The number of aromatic nitrogens is 2. The van der Waals surface area contributed by atoms with Crippen LogP contribution in [0.1, 0.15) is 38.4 Å². The molecule has 1 amide bonds. The summed E-state index contributed by atoms with van der Waals surface area (Å²) in [6, 6.07) is 5.37. The molecule has 1 aromatic carbocycles. The first-order valence-electron chi connectivity index (χ1n) is 8.79. The molecule has 0 spiro atoms. The van der Waals surface area contributed by atoms with Crippen LogP contribution in [0.3, 0.4) is 0 Å². The maximum Gasteiger partial charge on any atom is 0.240 e. The summed E-state index contributed by atoms with van der Waals surface area (Å²) in [7, 11) is 0. The lowest BCUT2D eigenvalue weighted by Crippen LogP contribution is -2.32. The fourth-order valence-electron chi connectivity index (χ4n) is 2.56. The van der Waals surface area contributed by atoms with Gasteiger partial charge in [0.15, 0.2) is 17.3 Å². The Morgan fingerprint density at radius 3 is 2.73 bits per heavy atom. The number of likely N-dealkylation sites (N-methyl/N-ethyl adjacent to an activating group) is 1. The van der Waals surface area contributed by atoms with Gasteiger partial charge in [-0.2, -0.15) is 4.98 Å². The maximum atomic E-state index is 12.4. The predicted octanol–water partition coefficient (Wildman–Crippen LogP) is 2.42. The van der Waals surface area contributed by atoms with Gasteiger partial charge in [0.2, 0.25) is 11.8 Å². The van der Waals surface area contributed by atoms with Crippen LogP contribution in [-0.4, -0.2) is 47.3 Å². The average Bonchev–Trinajstić information content (AvgIpc) is 3.10. The quantitative estimate of drug-likeness (QED) is 0.811. The second-order valence-corrected chi connectivity index (χ2v) is 6.41. The number of ether oxygens (including phenoxy) is 2. The van der Waals surface area contributed by atoms with Gasteiger partial charge in [0.25, 0.3) is 0 Å². The molecular weight excluding hydrogens is 336 g/mol. The third-order valence-electron chi connectivity index (χ3n) is 4.00. The fraction of sp³-hybridized carbons (Fsp3) is 0.500. The first-order chi connectivity index (χ1) is 12.5. The first kappa shape index (κ1) is 18.2. The summed E-state index contributed by atoms with van der Waals surface area (Å²) in [5, 5.41) is 6.84. The molecule has 1 aromatic heterocycles. The Balaban J connectivity index is 1.57. The summed E-state index contributed by atoms with van der Waals surface area (Å²) in [6.07, 6.45) is 0. The Bertz CT molecular complexity index is 759. The van der Waals surface area contributed by atoms with E-state index in [1.807, 2.05) is 25.7 Å². The van der Waals surface area contributed by atoms with Gasteiger partial charge in [0.05, 0.1) is 13.1 Å². The molecule has 2 heterocycles. The van der Waals surface area contributed by atoms with Crippen LogP contribution in [0.5, 0.6) is 11.5 Å². The first-order valence-corrected chi connectivity index (χ1v) is 8.79. The summed E-state index contributed by atoms with van der Waals surface area (Å²) in [5.41, 5.74) is 0.676. The molecule has 8 heteroatoms. The summed E-state index contributed by atoms with van der Waals surface area (Å²) < 4.78 is 16.3. The number of nitrogens with one attached hydrogen (secondary N) is 1. The van der Waals surface area contributed by atoms with Gasteiger partial charge in [0.1, 0.15) is 13.2 Å². The summed E-state index contributed by atoms with van der Waals surface area (Å²) >= 11 is 0. The highest BCUT2D eigenvalue weighted by molar-refractivity contribution is 5.92. The number of benzene rings is 1. The average molecular weight is 360 g/mol. The Morgan fingerprint density at radius 1 is 1.27 bits per heavy atom. The van der Waals surface area contributed by atoms with Crippen molar-refractivity contribution < 1.29 is 18.8 Å². The van der Waals surface area contributed by atoms with E-state index >= 15 is 0 Å². The van der Waals surface area contributed by atoms with Crippen LogP contribution in [0.2, 0.25) is 0 Å². The second-order valence-electron chi connectivity index (χ2n) is 6.41. The second kappa shape index (κ2) is 8.18. The van der Waals surface area contributed by atoms with Gasteiger partial charge < -0.3 is 19.3 Å². The molecule has 0 saturated carbocycles. The van der Waals surface area contributed by atoms with Gasteiger partial charge in [-0.25, -0.2) is 0 Å². The zero-order valence-electron chi connectivity index (χ0n) is 15.3. The van der Waals surface area contributed by atoms with Crippen LogP contribution in [0.4, 0.5) is 5.69 Å². The molecule has 0 unspecified atom stereocenters. The number of hydrogen-bond acceptors (Lipinski definition) is 7. The van der Waals surface area contributed by atoms with Crippen LogP contribution in [0.25, 0.3) is 0 Å². The molecule has 0 atom stereocenters. The summed E-state index contributed by atoms with van der Waals surface area (Å²) in [5.74, 6) is 2.63. The van der Waals surface area contributed by atoms with Crippen LogP contribution in [0, 0.1) is 0 Å². The van der Waals surface area contributed by atoms with E-state index in [2.05, 4.69) is 15.5 Å². The SMILES string of the molecule is CCN(CC(=O)Nc1ccc2c(c1)OCCO2)Cc1nc(C(C)C)no1. The molecule has 0 aliphatic carbocycles. The Kier molecular flexibility index (Phi) is 5.72. The van der Waals surface area contributed by atoms with Gasteiger partial charge in [-0.3, -0.25) is 9.69 Å². The third-order valence-corrected chi connectivity index (χ3v) is 4.00. The van der Waals surface area contributed by atoms with Gasteiger partial charge >= 0.3 is 0 Å². The highest BCUT2D eigenvalue weighted by Crippen LogP contribution is 2.32. The van der Waals surface area contributed by atoms with Crippen molar-refractivity contribution in [3.63, 3.8) is 0 Å². The minimum absolute atomic E-state index is 0.118. The molecule has 1 aliphatic heterocycles. The topological polar surface area (TPSA) is 89.7 Å². The number of rotatable bonds is 7. The Hall–Kier alpha value is -2.61. The van der Waals surface area contributed by atoms with Crippen molar-refractivity contribution in [3.05, 3.63) is 29.9 Å². The highest BCUT2D eigenvalue weighted by atomic mass is 16.6. The molecule has 3 rings (SSSR count). The van der Waals surface area contributed by atoms with Gasteiger partial charge in [-0.05, 0) is 18.7 Å². The number of nitrogens with zero attached hydrogens (tertiary/aromatic N) is 3. The zero-order chi connectivity index (χ0) is 18.5. The van der Waals surface area contributed by atoms with Crippen molar-refractivity contribution in [1.82, 2.24) is 15.0 Å². The number of hydrogen-bond donors (Lipinski definition) is 1. The molecule has 1 N–H and O–H groups in total. The van der Waals surface area contributed by atoms with Crippen molar-refractivity contribution in [2.75, 3.05) is 31.6 Å². The van der Waals surface area contributed by atoms with Crippen molar-refractivity contribution in [1.29, 1.82) is 0 Å². The molecule has 1 aliphatic rings. The number of anilines is 1. The lowest BCUT2D eigenvalue weighted by atomic mass is 10.2. The molecule has 8 nitrogen and oxygen atoms in total. The minimum atomic E-state index is -0.118. The standard InChI is InChI=1S/C18H24N4O4/c1-4-22(11-17-20-18(12(2)3)21-26-17)10-16(23)19-13-5-6-14-15(9-13)25-8-7-24-14/h5-6,9,12H,4,7-8,10-11H2,1-3H3,(H,19,23). The number of carbonyl (C=O) groups is 1. The monoisotopic (exact) mass is 360 g/mol. The van der Waals surface area contributed by atoms with E-state index in [-0.39, 0.29) is 18.4 Å². The molecular formula is C18H24N4O4. The normalized spacial score (nSPS) is 13.3. The zero-order valence-corrected chi connectivity index (χ0v) is 15.3. The molecule has 0 radical (unpaired) electrons. The smallest absolute Gasteiger partial charge is 0.240 e. The van der Waals surface area contributed by atoms with E-state index in [1.165, 1.54) is 0 Å². The van der Waals surface area contributed by atoms with Crippen LogP contribution >= 0.6 is 0 Å². The lowest BCUT2D eigenvalue weighted by molar-refractivity contribution is -0.117. The van der Waals surface area contributed by atoms with E-state index in [1.54, 1.807) is 18.2 Å². The minimum Gasteiger partial charge on any atom is -0.486 e. The van der Waals surface area contributed by atoms with Crippen LogP contribution < -0.4 is 14.8 Å². The summed E-state index contributed by atoms with van der Waals surface area (Å²) in [4.78, 5) is 18.7. The van der Waals surface area contributed by atoms with Crippen molar-refractivity contribution in [3.8, 4) is 11.5 Å². The molecule has 140 valence electrons. The molecule has 0 saturated heterocycles. The van der Waals surface area contributed by atoms with E-state index in [4.69, 9.17) is 14.0 Å². The van der Waals surface area contributed by atoms with Crippen LogP contribution in [0.15, 0.2) is 22.7 Å². The number of fused-ring (bicyclic) bond motifs is 1. The molecule has 26 heavy (non-hydrogen) atoms. The van der Waals surface area contributed by atoms with E-state index in [9.17, 15) is 4.79 Å². The number of carbonyl (C=O) groups excluding carboxylic acids is 1. The maximum absolute atomic E-state index is 12.4. The molecule has 0 fully saturated rings. The Morgan fingerprint density at radius 2 is 2.04 bits per heavy atom.